The molecule has 6 nitrogen and oxygen atoms in total. The summed E-state index contributed by atoms with van der Waals surface area (Å²) in [7, 11) is 3.63. The monoisotopic (exact) mass is 496 g/mol. The maximum atomic E-state index is 6.10. The van der Waals surface area contributed by atoms with Gasteiger partial charge in [0, 0.05) is 58.9 Å². The molecule has 2 aliphatic rings. The number of likely N-dealkylation sites (tertiary alicyclic amines) is 1. The molecule has 0 aromatic carbocycles. The number of aliphatic imine (C=N–C) groups is 1. The summed E-state index contributed by atoms with van der Waals surface area (Å²) in [5.74, 6) is 1.47. The van der Waals surface area contributed by atoms with E-state index in [1.807, 2.05) is 7.05 Å². The van der Waals surface area contributed by atoms with Gasteiger partial charge in [0.2, 0.25) is 0 Å². The highest BCUT2D eigenvalue weighted by Gasteiger charge is 2.35. The molecule has 0 amide bonds. The first-order valence-corrected chi connectivity index (χ1v) is 10.2. The minimum Gasteiger partial charge on any atom is -0.383 e. The van der Waals surface area contributed by atoms with Crippen LogP contribution >= 0.6 is 24.0 Å². The quantitative estimate of drug-likeness (QED) is 0.337. The molecule has 0 radical (unpaired) electrons. The van der Waals surface area contributed by atoms with Crippen molar-refractivity contribution in [2.24, 2.45) is 16.3 Å². The van der Waals surface area contributed by atoms with Crippen LogP contribution in [-0.4, -0.2) is 76.6 Å². The molecule has 7 heteroatoms. The molecular formula is C20H41IN4O2. The number of piperidine rings is 1. The number of nitrogens with zero attached hydrogens (tertiary/aromatic N) is 2. The van der Waals surface area contributed by atoms with Crippen LogP contribution in [0.2, 0.25) is 0 Å². The number of methoxy groups -OCH3 is 1. The zero-order valence-electron chi connectivity index (χ0n) is 17.9. The van der Waals surface area contributed by atoms with E-state index < -0.39 is 0 Å². The van der Waals surface area contributed by atoms with Gasteiger partial charge in [0.05, 0.1) is 12.7 Å². The molecule has 2 rings (SSSR count). The van der Waals surface area contributed by atoms with Crippen molar-refractivity contribution < 1.29 is 9.47 Å². The van der Waals surface area contributed by atoms with Crippen molar-refractivity contribution in [3.05, 3.63) is 0 Å². The summed E-state index contributed by atoms with van der Waals surface area (Å²) in [6.45, 7) is 12.8. The summed E-state index contributed by atoms with van der Waals surface area (Å²) in [6.07, 6.45) is 5.00. The van der Waals surface area contributed by atoms with Gasteiger partial charge >= 0.3 is 0 Å². The second-order valence-corrected chi connectivity index (χ2v) is 8.77. The van der Waals surface area contributed by atoms with Gasteiger partial charge in [-0.15, -0.1) is 24.0 Å². The molecule has 160 valence electrons. The van der Waals surface area contributed by atoms with E-state index in [-0.39, 0.29) is 29.4 Å². The molecule has 0 saturated carbocycles. The Kier molecular flexibility index (Phi) is 11.5. The summed E-state index contributed by atoms with van der Waals surface area (Å²) in [5.41, 5.74) is 0.179. The first-order chi connectivity index (χ1) is 12.4. The summed E-state index contributed by atoms with van der Waals surface area (Å²) in [4.78, 5) is 6.92. The van der Waals surface area contributed by atoms with Crippen molar-refractivity contribution >= 4 is 29.9 Å². The van der Waals surface area contributed by atoms with E-state index in [4.69, 9.17) is 9.47 Å². The molecule has 27 heavy (non-hydrogen) atoms. The van der Waals surface area contributed by atoms with E-state index in [0.29, 0.717) is 18.1 Å². The van der Waals surface area contributed by atoms with Crippen LogP contribution < -0.4 is 10.6 Å². The van der Waals surface area contributed by atoms with Crippen molar-refractivity contribution in [1.29, 1.82) is 0 Å². The van der Waals surface area contributed by atoms with E-state index in [1.165, 1.54) is 6.42 Å². The summed E-state index contributed by atoms with van der Waals surface area (Å²) < 4.78 is 11.3. The molecule has 0 aromatic rings. The lowest BCUT2D eigenvalue weighted by Crippen LogP contribution is -2.51. The largest absolute Gasteiger partial charge is 0.383 e. The minimum atomic E-state index is 0. The maximum Gasteiger partial charge on any atom is 0.191 e. The Morgan fingerprint density at radius 2 is 1.93 bits per heavy atom. The zero-order valence-corrected chi connectivity index (χ0v) is 20.3. The Morgan fingerprint density at radius 3 is 2.52 bits per heavy atom. The van der Waals surface area contributed by atoms with Gasteiger partial charge < -0.3 is 25.0 Å². The Hall–Kier alpha value is -0.120. The second kappa shape index (κ2) is 12.4. The van der Waals surface area contributed by atoms with Gasteiger partial charge in [-0.05, 0) is 31.1 Å². The van der Waals surface area contributed by atoms with Crippen LogP contribution in [0.15, 0.2) is 4.99 Å². The fraction of sp³-hybridized carbons (Fsp3) is 0.950. The zero-order chi connectivity index (χ0) is 19.0. The number of guanidine groups is 1. The number of nitrogens with one attached hydrogen (secondary N) is 2. The van der Waals surface area contributed by atoms with Gasteiger partial charge in [0.25, 0.3) is 0 Å². The normalized spacial score (nSPS) is 25.7. The maximum absolute atomic E-state index is 6.10. The SMILES string of the molecule is CN=C(NCC1CCCOC1C(C)(C)C)NC1CCN(CCOC)CC1.I. The minimum absolute atomic E-state index is 0. The van der Waals surface area contributed by atoms with Gasteiger partial charge in [-0.3, -0.25) is 4.99 Å². The average molecular weight is 496 g/mol. The Bertz CT molecular complexity index is 434. The van der Waals surface area contributed by atoms with Crippen LogP contribution in [0.1, 0.15) is 46.5 Å². The fourth-order valence-electron chi connectivity index (χ4n) is 4.15. The van der Waals surface area contributed by atoms with Crippen molar-refractivity contribution in [3.8, 4) is 0 Å². The molecule has 2 saturated heterocycles. The van der Waals surface area contributed by atoms with E-state index >= 15 is 0 Å². The molecule has 0 aromatic heterocycles. The lowest BCUT2D eigenvalue weighted by molar-refractivity contribution is -0.0835. The topological polar surface area (TPSA) is 58.1 Å². The molecule has 2 aliphatic heterocycles. The smallest absolute Gasteiger partial charge is 0.191 e. The van der Waals surface area contributed by atoms with E-state index in [9.17, 15) is 0 Å². The van der Waals surface area contributed by atoms with Crippen molar-refractivity contribution in [2.75, 3.05) is 53.6 Å². The molecule has 0 bridgehead atoms. The Labute approximate surface area is 183 Å². The van der Waals surface area contributed by atoms with Crippen LogP contribution in [-0.2, 0) is 9.47 Å². The fourth-order valence-corrected chi connectivity index (χ4v) is 4.15. The van der Waals surface area contributed by atoms with Gasteiger partial charge in [-0.25, -0.2) is 0 Å². The molecule has 2 atom stereocenters. The highest BCUT2D eigenvalue weighted by molar-refractivity contribution is 14.0. The summed E-state index contributed by atoms with van der Waals surface area (Å²) >= 11 is 0. The molecule has 2 heterocycles. The van der Waals surface area contributed by atoms with Crippen molar-refractivity contribution in [2.45, 2.75) is 58.6 Å². The Balaban J connectivity index is 0.00000364. The third kappa shape index (κ3) is 8.41. The van der Waals surface area contributed by atoms with Gasteiger partial charge in [0.1, 0.15) is 0 Å². The highest BCUT2D eigenvalue weighted by Crippen LogP contribution is 2.33. The van der Waals surface area contributed by atoms with Gasteiger partial charge in [0.15, 0.2) is 5.96 Å². The number of hydrogen-bond donors (Lipinski definition) is 2. The van der Waals surface area contributed by atoms with Crippen LogP contribution in [0.5, 0.6) is 0 Å². The number of rotatable bonds is 6. The summed E-state index contributed by atoms with van der Waals surface area (Å²) in [6, 6.07) is 0.501. The Morgan fingerprint density at radius 1 is 1.22 bits per heavy atom. The van der Waals surface area contributed by atoms with Crippen LogP contribution in [0, 0.1) is 11.3 Å². The van der Waals surface area contributed by atoms with E-state index in [0.717, 1.165) is 64.6 Å². The highest BCUT2D eigenvalue weighted by atomic mass is 127. The summed E-state index contributed by atoms with van der Waals surface area (Å²) in [5, 5.41) is 7.17. The van der Waals surface area contributed by atoms with Gasteiger partial charge in [-0.1, -0.05) is 20.8 Å². The van der Waals surface area contributed by atoms with Crippen LogP contribution in [0.4, 0.5) is 0 Å². The van der Waals surface area contributed by atoms with Crippen molar-refractivity contribution in [3.63, 3.8) is 0 Å². The van der Waals surface area contributed by atoms with E-state index in [1.54, 1.807) is 7.11 Å². The number of halogens is 1. The predicted molar refractivity (Wildman–Crippen MR) is 123 cm³/mol. The molecule has 0 spiro atoms. The van der Waals surface area contributed by atoms with Gasteiger partial charge in [-0.2, -0.15) is 0 Å². The molecule has 2 fully saturated rings. The molecular weight excluding hydrogens is 455 g/mol. The van der Waals surface area contributed by atoms with Crippen LogP contribution in [0.25, 0.3) is 0 Å². The first-order valence-electron chi connectivity index (χ1n) is 10.2. The number of ether oxygens (including phenoxy) is 2. The lowest BCUT2D eigenvalue weighted by Gasteiger charge is -2.40. The second-order valence-electron chi connectivity index (χ2n) is 8.77. The van der Waals surface area contributed by atoms with E-state index in [2.05, 4.69) is 41.3 Å². The predicted octanol–water partition coefficient (Wildman–Crippen LogP) is 2.72. The standard InChI is InChI=1S/C20H40N4O2.HI/c1-20(2,3)18-16(7-6-13-26-18)15-22-19(21-4)23-17-8-10-24(11-9-17)12-14-25-5;/h16-18H,6-15H2,1-5H3,(H2,21,22,23);1H. The number of hydrogen-bond acceptors (Lipinski definition) is 4. The molecule has 2 N–H and O–H groups in total. The third-order valence-electron chi connectivity index (χ3n) is 5.59. The molecule has 2 unspecified atom stereocenters. The average Bonchev–Trinajstić information content (AvgIpc) is 2.64. The first kappa shape index (κ1) is 24.9. The van der Waals surface area contributed by atoms with Crippen LogP contribution in [0.3, 0.4) is 0 Å². The molecule has 0 aliphatic carbocycles. The third-order valence-corrected chi connectivity index (χ3v) is 5.59. The lowest BCUT2D eigenvalue weighted by atomic mass is 9.78. The van der Waals surface area contributed by atoms with Crippen molar-refractivity contribution in [1.82, 2.24) is 15.5 Å².